The third-order valence-corrected chi connectivity index (χ3v) is 5.20. The van der Waals surface area contributed by atoms with E-state index in [1.165, 1.54) is 11.3 Å². The molecule has 24 heavy (non-hydrogen) atoms. The van der Waals surface area contributed by atoms with E-state index in [2.05, 4.69) is 21.3 Å². The first-order valence-corrected chi connectivity index (χ1v) is 8.29. The van der Waals surface area contributed by atoms with E-state index in [1.807, 2.05) is 45.4 Å². The Bertz CT molecular complexity index is 811. The summed E-state index contributed by atoms with van der Waals surface area (Å²) in [7, 11) is 5.62. The molecule has 0 saturated heterocycles. The minimum Gasteiger partial charge on any atom is -0.388 e. The van der Waals surface area contributed by atoms with Gasteiger partial charge in [0, 0.05) is 34.9 Å². The van der Waals surface area contributed by atoms with Crippen LogP contribution in [0.25, 0.3) is 16.1 Å². The van der Waals surface area contributed by atoms with Crippen molar-refractivity contribution in [1.29, 1.82) is 0 Å². The summed E-state index contributed by atoms with van der Waals surface area (Å²) < 4.78 is 0. The maximum absolute atomic E-state index is 10.9. The number of hydrogen-bond donors (Lipinski definition) is 4. The van der Waals surface area contributed by atoms with E-state index in [-0.39, 0.29) is 9.92 Å². The molecule has 0 unspecified atom stereocenters. The predicted octanol–water partition coefficient (Wildman–Crippen LogP) is 2.40. The third kappa shape index (κ3) is 2.75. The van der Waals surface area contributed by atoms with Crippen molar-refractivity contribution in [3.05, 3.63) is 52.1 Å². The Morgan fingerprint density at radius 3 is 2.50 bits per heavy atom. The van der Waals surface area contributed by atoms with Crippen LogP contribution in [0.2, 0.25) is 0 Å². The van der Waals surface area contributed by atoms with Gasteiger partial charge >= 0.3 is 5.00 Å². The van der Waals surface area contributed by atoms with E-state index in [0.29, 0.717) is 0 Å². The summed E-state index contributed by atoms with van der Waals surface area (Å²) in [6, 6.07) is 9.32. The molecule has 2 aromatic rings. The number of nitrogens with zero attached hydrogens (tertiary/aromatic N) is 1. The molecule has 2 heterocycles. The summed E-state index contributed by atoms with van der Waals surface area (Å²) in [6.07, 6.45) is 2.04. The van der Waals surface area contributed by atoms with Crippen LogP contribution in [0.4, 0.5) is 10.7 Å². The minimum absolute atomic E-state index is 0.148. The highest BCUT2D eigenvalue weighted by Gasteiger charge is 2.30. The zero-order valence-corrected chi connectivity index (χ0v) is 14.5. The van der Waals surface area contributed by atoms with Crippen LogP contribution in [0.3, 0.4) is 0 Å². The van der Waals surface area contributed by atoms with Gasteiger partial charge in [-0.25, -0.2) is 0 Å². The molecule has 126 valence electrons. The number of fused-ring (bicyclic) bond motifs is 1. The van der Waals surface area contributed by atoms with Crippen LogP contribution in [0.1, 0.15) is 5.56 Å². The van der Waals surface area contributed by atoms with Crippen molar-refractivity contribution in [2.24, 2.45) is 0 Å². The Morgan fingerprint density at radius 2 is 1.92 bits per heavy atom. The monoisotopic (exact) mass is 345 g/mol. The van der Waals surface area contributed by atoms with Crippen molar-refractivity contribution in [3.63, 3.8) is 0 Å². The quantitative estimate of drug-likeness (QED) is 0.378. The van der Waals surface area contributed by atoms with Crippen molar-refractivity contribution >= 4 is 27.7 Å². The largest absolute Gasteiger partial charge is 0.388 e. The molecule has 4 N–H and O–H groups in total. The zero-order valence-electron chi connectivity index (χ0n) is 13.6. The van der Waals surface area contributed by atoms with Crippen molar-refractivity contribution in [2.45, 2.75) is 5.79 Å². The second-order valence-corrected chi connectivity index (χ2v) is 6.46. The second kappa shape index (κ2) is 6.23. The van der Waals surface area contributed by atoms with Crippen LogP contribution in [0, 0.1) is 10.1 Å². The van der Waals surface area contributed by atoms with Gasteiger partial charge in [0.25, 0.3) is 0 Å². The van der Waals surface area contributed by atoms with E-state index < -0.39 is 5.79 Å². The lowest BCUT2D eigenvalue weighted by molar-refractivity contribution is -0.380. The Hall–Kier alpha value is -2.42. The SMILES string of the molecule is CNC1=CC(NC)(NC)Nc2ccc(-c3ccc([N+](=O)[O-])s3)cc21. The molecular formula is C16H19N5O2S. The van der Waals surface area contributed by atoms with Crippen molar-refractivity contribution < 1.29 is 4.92 Å². The van der Waals surface area contributed by atoms with E-state index in [0.717, 1.165) is 27.4 Å². The second-order valence-electron chi connectivity index (χ2n) is 5.40. The molecule has 7 nitrogen and oxygen atoms in total. The average molecular weight is 345 g/mol. The molecule has 8 heteroatoms. The Balaban J connectivity index is 2.04. The topological polar surface area (TPSA) is 91.3 Å². The molecule has 0 bridgehead atoms. The number of hydrogen-bond acceptors (Lipinski definition) is 7. The lowest BCUT2D eigenvalue weighted by atomic mass is 9.99. The van der Waals surface area contributed by atoms with E-state index >= 15 is 0 Å². The highest BCUT2D eigenvalue weighted by molar-refractivity contribution is 7.18. The summed E-state index contributed by atoms with van der Waals surface area (Å²) in [4.78, 5) is 11.4. The van der Waals surface area contributed by atoms with Gasteiger partial charge in [0.2, 0.25) is 0 Å². The summed E-state index contributed by atoms with van der Waals surface area (Å²) in [5, 5.41) is 24.1. The van der Waals surface area contributed by atoms with Gasteiger partial charge < -0.3 is 10.6 Å². The predicted molar refractivity (Wildman–Crippen MR) is 97.9 cm³/mol. The zero-order chi connectivity index (χ0) is 17.3. The van der Waals surface area contributed by atoms with Gasteiger partial charge in [-0.15, -0.1) is 0 Å². The summed E-state index contributed by atoms with van der Waals surface area (Å²) in [6.45, 7) is 0. The normalized spacial score (nSPS) is 15.2. The molecule has 3 rings (SSSR count). The number of rotatable bonds is 5. The lowest BCUT2D eigenvalue weighted by Crippen LogP contribution is -2.60. The van der Waals surface area contributed by atoms with Crippen LogP contribution >= 0.6 is 11.3 Å². The first-order valence-electron chi connectivity index (χ1n) is 7.47. The fraction of sp³-hybridized carbons (Fsp3) is 0.250. The highest BCUT2D eigenvalue weighted by atomic mass is 32.1. The molecule has 1 aromatic carbocycles. The maximum Gasteiger partial charge on any atom is 0.324 e. The molecular weight excluding hydrogens is 326 g/mol. The maximum atomic E-state index is 10.9. The minimum atomic E-state index is -0.533. The number of anilines is 1. The standard InChI is InChI=1S/C16H19N5O2S/c1-17-13-9-16(18-2,19-3)20-12-5-4-10(8-11(12)13)14-6-7-15(24-14)21(22)23/h4-9,17-20H,1-3H3. The summed E-state index contributed by atoms with van der Waals surface area (Å²) in [5.41, 5.74) is 3.92. The van der Waals surface area contributed by atoms with E-state index in [9.17, 15) is 10.1 Å². The molecule has 1 aliphatic heterocycles. The summed E-state index contributed by atoms with van der Waals surface area (Å²) in [5.74, 6) is -0.533. The van der Waals surface area contributed by atoms with Crippen molar-refractivity contribution in [1.82, 2.24) is 16.0 Å². The summed E-state index contributed by atoms with van der Waals surface area (Å²) >= 11 is 1.18. The molecule has 0 saturated carbocycles. The smallest absolute Gasteiger partial charge is 0.324 e. The van der Waals surface area contributed by atoms with Gasteiger partial charge in [-0.05, 0) is 43.9 Å². The van der Waals surface area contributed by atoms with Crippen LogP contribution in [0.15, 0.2) is 36.4 Å². The fourth-order valence-electron chi connectivity index (χ4n) is 2.75. The van der Waals surface area contributed by atoms with E-state index in [1.54, 1.807) is 12.1 Å². The molecule has 1 aliphatic rings. The molecule has 1 aromatic heterocycles. The lowest BCUT2D eigenvalue weighted by Gasteiger charge is -2.37. The molecule has 0 radical (unpaired) electrons. The molecule has 0 amide bonds. The Kier molecular flexibility index (Phi) is 4.27. The van der Waals surface area contributed by atoms with Crippen LogP contribution in [-0.4, -0.2) is 31.9 Å². The van der Waals surface area contributed by atoms with Crippen LogP contribution < -0.4 is 21.3 Å². The number of nitrogens with one attached hydrogen (secondary N) is 4. The third-order valence-electron chi connectivity index (χ3n) is 4.12. The van der Waals surface area contributed by atoms with Gasteiger partial charge in [0.1, 0.15) is 0 Å². The fourth-order valence-corrected chi connectivity index (χ4v) is 3.57. The molecule has 0 spiro atoms. The highest BCUT2D eigenvalue weighted by Crippen LogP contribution is 2.37. The Morgan fingerprint density at radius 1 is 1.17 bits per heavy atom. The molecule has 0 aliphatic carbocycles. The Labute approximate surface area is 143 Å². The van der Waals surface area contributed by atoms with Gasteiger partial charge in [0.15, 0.2) is 5.79 Å². The van der Waals surface area contributed by atoms with Crippen molar-refractivity contribution in [2.75, 3.05) is 26.5 Å². The molecule has 0 fully saturated rings. The number of thiophene rings is 1. The van der Waals surface area contributed by atoms with Crippen LogP contribution in [0.5, 0.6) is 0 Å². The van der Waals surface area contributed by atoms with Gasteiger partial charge in [0.05, 0.1) is 4.92 Å². The number of likely N-dealkylation sites (N-methyl/N-ethyl adjacent to an activating group) is 2. The first-order chi connectivity index (χ1) is 11.5. The average Bonchev–Trinajstić information content (AvgIpc) is 3.10. The number of benzene rings is 1. The molecule has 0 atom stereocenters. The van der Waals surface area contributed by atoms with Gasteiger partial charge in [-0.1, -0.05) is 17.4 Å². The van der Waals surface area contributed by atoms with Crippen LogP contribution in [-0.2, 0) is 0 Å². The first kappa shape index (κ1) is 16.4. The number of nitro groups is 1. The van der Waals surface area contributed by atoms with Gasteiger partial charge in [-0.3, -0.25) is 20.7 Å². The van der Waals surface area contributed by atoms with Gasteiger partial charge in [-0.2, -0.15) is 0 Å². The van der Waals surface area contributed by atoms with Crippen molar-refractivity contribution in [3.8, 4) is 10.4 Å². The van der Waals surface area contributed by atoms with E-state index in [4.69, 9.17) is 0 Å².